The molecule has 3 amide bonds. The molecule has 1 aliphatic heterocycles. The number of anilines is 1. The molecule has 0 radical (unpaired) electrons. The molecule has 0 aliphatic carbocycles. The fraction of sp³-hybridized carbons (Fsp3) is 0.389. The standard InChI is InChI=1S/C18H20ClN3O4/c1-4-9-21-10-15(23)22(18(21)25)11-26-17(24)16(12(2)3)20-14-7-5-13(19)6-8-14/h1,5-8,12,16,20H,9-11H2,2-3H3. The Morgan fingerprint density at radius 1 is 1.35 bits per heavy atom. The zero-order chi connectivity index (χ0) is 19.3. The van der Waals surface area contributed by atoms with Crippen LogP contribution in [0.3, 0.4) is 0 Å². The SMILES string of the molecule is C#CCN1CC(=O)N(COC(=O)C(Nc2ccc(Cl)cc2)C(C)C)C1=O. The number of benzene rings is 1. The largest absolute Gasteiger partial charge is 0.442 e. The average Bonchev–Trinajstić information content (AvgIpc) is 2.86. The molecule has 1 fully saturated rings. The van der Waals surface area contributed by atoms with Gasteiger partial charge in [-0.3, -0.25) is 4.79 Å². The number of urea groups is 1. The molecule has 0 spiro atoms. The molecule has 1 aromatic carbocycles. The Balaban J connectivity index is 1.97. The van der Waals surface area contributed by atoms with E-state index in [1.807, 2.05) is 13.8 Å². The van der Waals surface area contributed by atoms with E-state index in [9.17, 15) is 14.4 Å². The van der Waals surface area contributed by atoms with Crippen LogP contribution in [0.5, 0.6) is 0 Å². The van der Waals surface area contributed by atoms with E-state index < -0.39 is 30.7 Å². The second-order valence-corrected chi connectivity index (χ2v) is 6.57. The highest BCUT2D eigenvalue weighted by Gasteiger charge is 2.36. The maximum absolute atomic E-state index is 12.4. The zero-order valence-corrected chi connectivity index (χ0v) is 15.3. The second-order valence-electron chi connectivity index (χ2n) is 6.13. The number of rotatable bonds is 7. The number of hydrogen-bond acceptors (Lipinski definition) is 5. The van der Waals surface area contributed by atoms with E-state index in [-0.39, 0.29) is 19.0 Å². The molecule has 1 N–H and O–H groups in total. The molecule has 0 saturated carbocycles. The van der Waals surface area contributed by atoms with Crippen LogP contribution < -0.4 is 5.32 Å². The van der Waals surface area contributed by atoms with Crippen LogP contribution in [0, 0.1) is 18.3 Å². The van der Waals surface area contributed by atoms with Gasteiger partial charge in [-0.15, -0.1) is 6.42 Å². The number of ether oxygens (including phenoxy) is 1. The summed E-state index contributed by atoms with van der Waals surface area (Å²) in [6.45, 7) is 3.19. The van der Waals surface area contributed by atoms with Gasteiger partial charge in [-0.25, -0.2) is 14.5 Å². The van der Waals surface area contributed by atoms with Gasteiger partial charge in [0.1, 0.15) is 12.6 Å². The van der Waals surface area contributed by atoms with Crippen molar-refractivity contribution in [3.63, 3.8) is 0 Å². The fourth-order valence-electron chi connectivity index (χ4n) is 2.40. The van der Waals surface area contributed by atoms with Gasteiger partial charge in [0.2, 0.25) is 0 Å². The van der Waals surface area contributed by atoms with Crippen LogP contribution in [-0.2, 0) is 14.3 Å². The molecule has 138 valence electrons. The lowest BCUT2D eigenvalue weighted by molar-refractivity contribution is -0.150. The quantitative estimate of drug-likeness (QED) is 0.447. The zero-order valence-electron chi connectivity index (χ0n) is 14.6. The Morgan fingerprint density at radius 3 is 2.58 bits per heavy atom. The van der Waals surface area contributed by atoms with E-state index >= 15 is 0 Å². The first-order valence-corrected chi connectivity index (χ1v) is 8.42. The number of terminal acetylenes is 1. The summed E-state index contributed by atoms with van der Waals surface area (Å²) >= 11 is 5.85. The molecule has 1 heterocycles. The summed E-state index contributed by atoms with van der Waals surface area (Å²) in [6, 6.07) is 5.69. The first-order chi connectivity index (χ1) is 12.3. The number of nitrogens with one attached hydrogen (secondary N) is 1. The molecule has 8 heteroatoms. The average molecular weight is 378 g/mol. The molecule has 2 rings (SSSR count). The Hall–Kier alpha value is -2.72. The van der Waals surface area contributed by atoms with Gasteiger partial charge < -0.3 is 15.0 Å². The first kappa shape index (κ1) is 19.6. The number of amides is 3. The lowest BCUT2D eigenvalue weighted by atomic mass is 10.0. The van der Waals surface area contributed by atoms with Gasteiger partial charge in [0.05, 0.1) is 6.54 Å². The Bertz CT molecular complexity index is 727. The molecule has 0 aromatic heterocycles. The highest BCUT2D eigenvalue weighted by atomic mass is 35.5. The second kappa shape index (κ2) is 8.59. The molecule has 0 bridgehead atoms. The molecular weight excluding hydrogens is 358 g/mol. The van der Waals surface area contributed by atoms with Crippen molar-refractivity contribution in [3.8, 4) is 12.3 Å². The van der Waals surface area contributed by atoms with Crippen molar-refractivity contribution in [2.75, 3.05) is 25.1 Å². The topological polar surface area (TPSA) is 79.0 Å². The van der Waals surface area contributed by atoms with Crippen molar-refractivity contribution in [2.24, 2.45) is 5.92 Å². The highest BCUT2D eigenvalue weighted by Crippen LogP contribution is 2.18. The molecule has 26 heavy (non-hydrogen) atoms. The van der Waals surface area contributed by atoms with Crippen molar-refractivity contribution in [3.05, 3.63) is 29.3 Å². The molecule has 1 aliphatic rings. The van der Waals surface area contributed by atoms with Crippen LogP contribution in [-0.4, -0.2) is 53.6 Å². The minimum atomic E-state index is -0.647. The third-order valence-electron chi connectivity index (χ3n) is 3.83. The van der Waals surface area contributed by atoms with Crippen LogP contribution in [0.4, 0.5) is 10.5 Å². The first-order valence-electron chi connectivity index (χ1n) is 8.05. The molecule has 1 unspecified atom stereocenters. The van der Waals surface area contributed by atoms with Crippen LogP contribution in [0.15, 0.2) is 24.3 Å². The van der Waals surface area contributed by atoms with E-state index in [0.717, 1.165) is 4.90 Å². The summed E-state index contributed by atoms with van der Waals surface area (Å²) in [5.74, 6) is 1.21. The lowest BCUT2D eigenvalue weighted by Crippen LogP contribution is -2.40. The number of nitrogens with zero attached hydrogens (tertiary/aromatic N) is 2. The summed E-state index contributed by atoms with van der Waals surface area (Å²) < 4.78 is 5.19. The van der Waals surface area contributed by atoms with Gasteiger partial charge in [-0.05, 0) is 30.2 Å². The van der Waals surface area contributed by atoms with Gasteiger partial charge in [0, 0.05) is 10.7 Å². The van der Waals surface area contributed by atoms with E-state index in [1.165, 1.54) is 4.90 Å². The summed E-state index contributed by atoms with van der Waals surface area (Å²) in [7, 11) is 0. The third kappa shape index (κ3) is 4.67. The number of carbonyl (C=O) groups is 3. The Morgan fingerprint density at radius 2 is 2.00 bits per heavy atom. The van der Waals surface area contributed by atoms with E-state index in [1.54, 1.807) is 24.3 Å². The Kier molecular flexibility index (Phi) is 6.47. The molecule has 7 nitrogen and oxygen atoms in total. The lowest BCUT2D eigenvalue weighted by Gasteiger charge is -2.23. The number of hydrogen-bond donors (Lipinski definition) is 1. The normalized spacial score (nSPS) is 15.2. The third-order valence-corrected chi connectivity index (χ3v) is 4.09. The Labute approximate surface area is 157 Å². The maximum Gasteiger partial charge on any atom is 0.330 e. The number of halogens is 1. The van der Waals surface area contributed by atoms with Gasteiger partial charge in [0.25, 0.3) is 5.91 Å². The fourth-order valence-corrected chi connectivity index (χ4v) is 2.52. The van der Waals surface area contributed by atoms with Gasteiger partial charge in [-0.1, -0.05) is 31.4 Å². The van der Waals surface area contributed by atoms with Crippen molar-refractivity contribution in [1.82, 2.24) is 9.80 Å². The van der Waals surface area contributed by atoms with Crippen LogP contribution in [0.25, 0.3) is 0 Å². The summed E-state index contributed by atoms with van der Waals surface area (Å²) in [5, 5.41) is 3.66. The van der Waals surface area contributed by atoms with Crippen molar-refractivity contribution < 1.29 is 19.1 Å². The predicted molar refractivity (Wildman–Crippen MR) is 97.3 cm³/mol. The predicted octanol–water partition coefficient (Wildman–Crippen LogP) is 2.17. The van der Waals surface area contributed by atoms with Gasteiger partial charge >= 0.3 is 12.0 Å². The number of carbonyl (C=O) groups excluding carboxylic acids is 3. The van der Waals surface area contributed by atoms with Crippen molar-refractivity contribution >= 4 is 35.2 Å². The van der Waals surface area contributed by atoms with Crippen molar-refractivity contribution in [2.45, 2.75) is 19.9 Å². The van der Waals surface area contributed by atoms with Crippen LogP contribution >= 0.6 is 11.6 Å². The molecular formula is C18H20ClN3O4. The minimum absolute atomic E-state index is 0.0295. The molecule has 1 aromatic rings. The van der Waals surface area contributed by atoms with E-state index in [2.05, 4.69) is 11.2 Å². The maximum atomic E-state index is 12.4. The summed E-state index contributed by atoms with van der Waals surface area (Å²) in [4.78, 5) is 38.5. The molecule has 1 saturated heterocycles. The summed E-state index contributed by atoms with van der Waals surface area (Å²) in [6.07, 6.45) is 5.16. The summed E-state index contributed by atoms with van der Waals surface area (Å²) in [5.41, 5.74) is 0.707. The minimum Gasteiger partial charge on any atom is -0.442 e. The van der Waals surface area contributed by atoms with Gasteiger partial charge in [-0.2, -0.15) is 0 Å². The smallest absolute Gasteiger partial charge is 0.330 e. The number of esters is 1. The van der Waals surface area contributed by atoms with Crippen LogP contribution in [0.2, 0.25) is 5.02 Å². The number of imide groups is 1. The molecule has 1 atom stereocenters. The van der Waals surface area contributed by atoms with E-state index in [4.69, 9.17) is 22.8 Å². The van der Waals surface area contributed by atoms with E-state index in [0.29, 0.717) is 10.7 Å². The highest BCUT2D eigenvalue weighted by molar-refractivity contribution is 6.30. The van der Waals surface area contributed by atoms with Gasteiger partial charge in [0.15, 0.2) is 6.73 Å². The monoisotopic (exact) mass is 377 g/mol. The van der Waals surface area contributed by atoms with Crippen LogP contribution in [0.1, 0.15) is 13.8 Å². The van der Waals surface area contributed by atoms with Crippen molar-refractivity contribution in [1.29, 1.82) is 0 Å².